The Morgan fingerprint density at radius 1 is 1.12 bits per heavy atom. The van der Waals surface area contributed by atoms with Crippen LogP contribution in [0.15, 0.2) is 0 Å². The lowest BCUT2D eigenvalue weighted by atomic mass is 10.4. The molecule has 0 aromatic heterocycles. The minimum Gasteiger partial charge on any atom is -0.456 e. The number of hydrogen-bond acceptors (Lipinski definition) is 7. The molecular weight excluding hydrogens is 232 g/mol. The fourth-order valence-electron chi connectivity index (χ4n) is 1.05. The van der Waals surface area contributed by atoms with Gasteiger partial charge in [-0.25, -0.2) is 4.79 Å². The first-order chi connectivity index (χ1) is 8.17. The Kier molecular flexibility index (Phi) is 9.98. The average Bonchev–Trinajstić information content (AvgIpc) is 2.35. The average molecular weight is 252 g/mol. The molecule has 0 heterocycles. The summed E-state index contributed by atoms with van der Waals surface area (Å²) in [5, 5.41) is 17.4. The number of methoxy groups -OCH3 is 2. The van der Waals surface area contributed by atoms with Gasteiger partial charge in [-0.3, -0.25) is 0 Å². The van der Waals surface area contributed by atoms with Crippen molar-refractivity contribution in [1.29, 1.82) is 0 Å². The third kappa shape index (κ3) is 8.06. The fourth-order valence-corrected chi connectivity index (χ4v) is 1.05. The number of hydrogen-bond donors (Lipinski definition) is 2. The summed E-state index contributed by atoms with van der Waals surface area (Å²) in [4.78, 5) is 10.8. The maximum Gasteiger partial charge on any atom is 0.332 e. The SMILES string of the molecule is COCC(COCC(CO)OC(=O)CO)OC. The van der Waals surface area contributed by atoms with Crippen molar-refractivity contribution < 1.29 is 34.0 Å². The second kappa shape index (κ2) is 10.4. The Bertz CT molecular complexity index is 197. The molecule has 0 bridgehead atoms. The molecule has 2 atom stereocenters. The Hall–Kier alpha value is -0.730. The summed E-state index contributed by atoms with van der Waals surface area (Å²) in [5.74, 6) is -0.798. The molecule has 2 unspecified atom stereocenters. The van der Waals surface area contributed by atoms with E-state index in [9.17, 15) is 4.79 Å². The molecule has 0 saturated carbocycles. The third-order valence-corrected chi connectivity index (χ3v) is 1.92. The lowest BCUT2D eigenvalue weighted by Gasteiger charge is -2.18. The van der Waals surface area contributed by atoms with E-state index in [1.165, 1.54) is 7.11 Å². The normalized spacial score (nSPS) is 14.4. The minimum atomic E-state index is -0.798. The van der Waals surface area contributed by atoms with Crippen LogP contribution in [0.25, 0.3) is 0 Å². The van der Waals surface area contributed by atoms with Crippen LogP contribution >= 0.6 is 0 Å². The zero-order valence-electron chi connectivity index (χ0n) is 10.1. The van der Waals surface area contributed by atoms with E-state index in [0.717, 1.165) is 0 Å². The maximum atomic E-state index is 10.8. The van der Waals surface area contributed by atoms with Crippen LogP contribution in [-0.2, 0) is 23.7 Å². The van der Waals surface area contributed by atoms with Crippen LogP contribution in [0.4, 0.5) is 0 Å². The van der Waals surface area contributed by atoms with Crippen LogP contribution in [0.5, 0.6) is 0 Å². The summed E-state index contributed by atoms with van der Waals surface area (Å²) >= 11 is 0. The van der Waals surface area contributed by atoms with Crippen LogP contribution in [0.3, 0.4) is 0 Å². The first kappa shape index (κ1) is 16.3. The van der Waals surface area contributed by atoms with Gasteiger partial charge in [0, 0.05) is 14.2 Å². The van der Waals surface area contributed by atoms with Gasteiger partial charge in [0.15, 0.2) is 0 Å². The van der Waals surface area contributed by atoms with Crippen molar-refractivity contribution >= 4 is 5.97 Å². The summed E-state index contributed by atoms with van der Waals surface area (Å²) < 4.78 is 19.8. The van der Waals surface area contributed by atoms with E-state index < -0.39 is 18.7 Å². The van der Waals surface area contributed by atoms with Crippen LogP contribution in [0, 0.1) is 0 Å². The number of aliphatic hydroxyl groups excluding tert-OH is 2. The number of carbonyl (C=O) groups is 1. The zero-order chi connectivity index (χ0) is 13.1. The summed E-state index contributed by atoms with van der Waals surface area (Å²) in [5.41, 5.74) is 0. The van der Waals surface area contributed by atoms with Crippen LogP contribution in [0.2, 0.25) is 0 Å². The predicted octanol–water partition coefficient (Wildman–Crippen LogP) is -1.44. The molecule has 0 aliphatic carbocycles. The van der Waals surface area contributed by atoms with E-state index in [1.54, 1.807) is 7.11 Å². The van der Waals surface area contributed by atoms with Crippen molar-refractivity contribution in [3.8, 4) is 0 Å². The molecule has 102 valence electrons. The summed E-state index contributed by atoms with van der Waals surface area (Å²) in [6.45, 7) is -0.408. The molecule has 7 nitrogen and oxygen atoms in total. The van der Waals surface area contributed by atoms with E-state index in [4.69, 9.17) is 24.4 Å². The molecule has 0 aromatic carbocycles. The van der Waals surface area contributed by atoms with Gasteiger partial charge in [0.2, 0.25) is 0 Å². The molecule has 0 aliphatic heterocycles. The lowest BCUT2D eigenvalue weighted by Crippen LogP contribution is -2.31. The predicted molar refractivity (Wildman–Crippen MR) is 57.5 cm³/mol. The molecule has 2 N–H and O–H groups in total. The van der Waals surface area contributed by atoms with Crippen LogP contribution in [-0.4, -0.2) is 75.6 Å². The Balaban J connectivity index is 3.78. The van der Waals surface area contributed by atoms with Crippen LogP contribution in [0.1, 0.15) is 0 Å². The number of ether oxygens (including phenoxy) is 4. The molecule has 0 aromatic rings. The molecule has 0 amide bonds. The van der Waals surface area contributed by atoms with E-state index in [0.29, 0.717) is 6.61 Å². The molecule has 0 aliphatic rings. The van der Waals surface area contributed by atoms with Gasteiger partial charge in [-0.2, -0.15) is 0 Å². The number of carbonyl (C=O) groups excluding carboxylic acids is 1. The highest BCUT2D eigenvalue weighted by Crippen LogP contribution is 1.97. The largest absolute Gasteiger partial charge is 0.456 e. The van der Waals surface area contributed by atoms with Gasteiger partial charge in [-0.1, -0.05) is 0 Å². The van der Waals surface area contributed by atoms with Crippen molar-refractivity contribution in [2.45, 2.75) is 12.2 Å². The number of rotatable bonds is 10. The van der Waals surface area contributed by atoms with Gasteiger partial charge in [0.05, 0.1) is 26.4 Å². The Morgan fingerprint density at radius 3 is 2.24 bits per heavy atom. The van der Waals surface area contributed by atoms with Crippen molar-refractivity contribution in [2.24, 2.45) is 0 Å². The summed E-state index contributed by atoms with van der Waals surface area (Å²) in [6, 6.07) is 0. The maximum absolute atomic E-state index is 10.8. The van der Waals surface area contributed by atoms with E-state index >= 15 is 0 Å². The quantitative estimate of drug-likeness (QED) is 0.460. The second-order valence-corrected chi connectivity index (χ2v) is 3.30. The number of esters is 1. The van der Waals surface area contributed by atoms with Gasteiger partial charge in [-0.15, -0.1) is 0 Å². The molecule has 0 spiro atoms. The number of aliphatic hydroxyl groups is 2. The molecule has 0 saturated heterocycles. The van der Waals surface area contributed by atoms with Crippen LogP contribution < -0.4 is 0 Å². The smallest absolute Gasteiger partial charge is 0.332 e. The minimum absolute atomic E-state index is 0.0335. The highest BCUT2D eigenvalue weighted by Gasteiger charge is 2.14. The van der Waals surface area contributed by atoms with Gasteiger partial charge in [0.1, 0.15) is 18.8 Å². The summed E-state index contributed by atoms with van der Waals surface area (Å²) in [7, 11) is 3.08. The molecule has 0 radical (unpaired) electrons. The van der Waals surface area contributed by atoms with Gasteiger partial charge >= 0.3 is 5.97 Å². The third-order valence-electron chi connectivity index (χ3n) is 1.92. The molecule has 0 rings (SSSR count). The van der Waals surface area contributed by atoms with Crippen molar-refractivity contribution in [3.05, 3.63) is 0 Å². The highest BCUT2D eigenvalue weighted by molar-refractivity contribution is 5.70. The Labute approximate surface area is 100 Å². The zero-order valence-corrected chi connectivity index (χ0v) is 10.1. The van der Waals surface area contributed by atoms with E-state index in [-0.39, 0.29) is 25.9 Å². The molecule has 0 fully saturated rings. The van der Waals surface area contributed by atoms with E-state index in [2.05, 4.69) is 4.74 Å². The second-order valence-electron chi connectivity index (χ2n) is 3.30. The molecular formula is C10H20O7. The lowest BCUT2D eigenvalue weighted by molar-refractivity contribution is -0.159. The Morgan fingerprint density at radius 2 is 1.76 bits per heavy atom. The van der Waals surface area contributed by atoms with Gasteiger partial charge < -0.3 is 29.2 Å². The summed E-state index contributed by atoms with van der Waals surface area (Å²) in [6.07, 6.45) is -0.998. The fraction of sp³-hybridized carbons (Fsp3) is 0.900. The van der Waals surface area contributed by atoms with E-state index in [1.807, 2.05) is 0 Å². The first-order valence-corrected chi connectivity index (χ1v) is 5.18. The molecule has 7 heteroatoms. The van der Waals surface area contributed by atoms with Crippen molar-refractivity contribution in [3.63, 3.8) is 0 Å². The molecule has 17 heavy (non-hydrogen) atoms. The standard InChI is InChI=1S/C10H20O7/c1-14-5-9(15-2)7-16-6-8(3-11)17-10(13)4-12/h8-9,11-12H,3-7H2,1-2H3. The first-order valence-electron chi connectivity index (χ1n) is 5.18. The highest BCUT2D eigenvalue weighted by atomic mass is 16.6. The topological polar surface area (TPSA) is 94.5 Å². The van der Waals surface area contributed by atoms with Gasteiger partial charge in [-0.05, 0) is 0 Å². The van der Waals surface area contributed by atoms with Gasteiger partial charge in [0.25, 0.3) is 0 Å². The van der Waals surface area contributed by atoms with Crippen molar-refractivity contribution in [2.75, 3.05) is 47.3 Å². The monoisotopic (exact) mass is 252 g/mol. The van der Waals surface area contributed by atoms with Crippen molar-refractivity contribution in [1.82, 2.24) is 0 Å².